The van der Waals surface area contributed by atoms with Crippen molar-refractivity contribution in [2.24, 2.45) is 0 Å². The second-order valence-corrected chi connectivity index (χ2v) is 40.9. The Hall–Kier alpha value is -11.0. The number of benzene rings is 6. The van der Waals surface area contributed by atoms with Crippen LogP contribution >= 0.6 is 0 Å². The van der Waals surface area contributed by atoms with Crippen LogP contribution in [0.1, 0.15) is 185 Å². The molecule has 3 saturated heterocycles. The molecule has 12 aromatic rings. The van der Waals surface area contributed by atoms with Crippen molar-refractivity contribution in [2.45, 2.75) is 222 Å². The minimum atomic E-state index is -3.55. The van der Waals surface area contributed by atoms with E-state index in [9.17, 15) is 25.3 Å². The number of aromatic nitrogens is 11. The van der Waals surface area contributed by atoms with E-state index in [-0.39, 0.29) is 33.0 Å². The van der Waals surface area contributed by atoms with Crippen molar-refractivity contribution in [1.82, 2.24) is 70.8 Å². The zero-order valence-corrected chi connectivity index (χ0v) is 75.2. The molecule has 0 amide bonds. The topological polar surface area (TPSA) is 380 Å². The molecule has 3 aliphatic rings. The number of piperidine rings is 3. The van der Waals surface area contributed by atoms with Crippen LogP contribution in [-0.2, 0) is 29.5 Å². The van der Waals surface area contributed by atoms with Crippen LogP contribution in [0.2, 0.25) is 0 Å². The summed E-state index contributed by atoms with van der Waals surface area (Å²) in [6.07, 6.45) is 13.0. The smallest absolute Gasteiger partial charge is 0.231 e. The average molecular weight is 1720 g/mol. The summed E-state index contributed by atoms with van der Waals surface area (Å²) in [7, 11) is -8.43. The molecule has 0 radical (unpaired) electrons. The number of nitrogens with one attached hydrogen (secondary N) is 11. The standard InChI is InChI=1S/2C30H39N7O3S.C30H38N6O3S/c1-17(2)40-26-14-22(21-8-7-11-31-15-21)20(6)13-24(26)34-30-35-28(23-16-32-37-29(23)36-30)33-25-12-19(5)9-10-27(25)41(38,39)18(3)4;1-17(2)40-26-15-21(23-9-7-8-12-31-23)20(6)14-24(26)34-30-35-28(22-16-32-37-29(22)36-30)33-25-13-19(5)10-11-27(25)41(38,39)18(3)4;1-19(2)39-26-18-22(21-13-16-36(5)17-14-21)10-11-24(26)33-30-34-28-23(12-15-31-28)29(35-30)32-25-8-6-7-9-27(25)40(37,38)20(3)4/h9-10,12-14,16-18,21,31H,7-8,11,15H2,1-6H3,(H3,32,33,34,35,36,37);10-11,13-18,23,31H,7-9,12H2,1-6H3,(H3,32,33,34,35,36,37);6-12,15,18-21H,13-14,16-17H2,1-5H3,(H3,31,32,33,34,35). The highest BCUT2D eigenvalue weighted by atomic mass is 32.2. The van der Waals surface area contributed by atoms with Gasteiger partial charge >= 0.3 is 0 Å². The molecule has 122 heavy (non-hydrogen) atoms. The van der Waals surface area contributed by atoms with Gasteiger partial charge in [0.15, 0.2) is 40.8 Å². The zero-order valence-electron chi connectivity index (χ0n) is 72.7. The van der Waals surface area contributed by atoms with Gasteiger partial charge in [-0.2, -0.15) is 40.1 Å². The Bertz CT molecular complexity index is 5820. The summed E-state index contributed by atoms with van der Waals surface area (Å²) in [5.41, 5.74) is 13.2. The third-order valence-electron chi connectivity index (χ3n) is 21.9. The lowest BCUT2D eigenvalue weighted by Crippen LogP contribution is -2.29. The lowest BCUT2D eigenvalue weighted by molar-refractivity contribution is 0.241. The molecule has 3 aliphatic heterocycles. The minimum Gasteiger partial charge on any atom is -0.489 e. The van der Waals surface area contributed by atoms with E-state index in [1.165, 1.54) is 35.1 Å². The van der Waals surface area contributed by atoms with Gasteiger partial charge in [0.1, 0.15) is 40.3 Å². The van der Waals surface area contributed by atoms with E-state index in [1.807, 2.05) is 79.7 Å². The SMILES string of the molecule is CC(C)Oc1cc(C2CCN(C)CC2)ccc1Nc1nc(Nc2ccccc2S(=O)(=O)C(C)C)c2cc[nH]c2n1.Cc1ccc(S(=O)(=O)C(C)C)c(Nc2nc(Nc3cc(C)c(C4CCCCN4)cc3OC(C)C)nc3[nH]ncc23)c1.Cc1ccc(S(=O)(=O)C(C)C)c(Nc2nc(Nc3cc(C)c(C4CCCNC4)cc3OC(C)C)nc3[nH]ncc23)c1. The van der Waals surface area contributed by atoms with E-state index in [1.54, 1.807) is 109 Å². The fourth-order valence-electron chi connectivity index (χ4n) is 15.3. The maximum Gasteiger partial charge on any atom is 0.231 e. The number of para-hydroxylation sites is 1. The number of hydrogen-bond donors (Lipinski definition) is 11. The van der Waals surface area contributed by atoms with Gasteiger partial charge in [0.2, 0.25) is 17.8 Å². The molecule has 0 bridgehead atoms. The number of sulfone groups is 3. The van der Waals surface area contributed by atoms with E-state index in [4.69, 9.17) is 29.2 Å². The summed E-state index contributed by atoms with van der Waals surface area (Å²) in [4.78, 5) is 34.5. The molecular formula is C90H116N20O9S3. The molecule has 15 rings (SSSR count). The summed E-state index contributed by atoms with van der Waals surface area (Å²) in [6.45, 7) is 35.4. The molecule has 648 valence electrons. The highest BCUT2D eigenvalue weighted by molar-refractivity contribution is 7.92. The maximum absolute atomic E-state index is 13.2. The molecule has 0 spiro atoms. The van der Waals surface area contributed by atoms with E-state index in [0.717, 1.165) is 121 Å². The molecule has 32 heteroatoms. The van der Waals surface area contributed by atoms with Crippen molar-refractivity contribution < 1.29 is 39.5 Å². The highest BCUT2D eigenvalue weighted by Gasteiger charge is 2.31. The third kappa shape index (κ3) is 20.8. The first-order chi connectivity index (χ1) is 58.2. The molecule has 29 nitrogen and oxygen atoms in total. The lowest BCUT2D eigenvalue weighted by atomic mass is 9.88. The van der Waals surface area contributed by atoms with Crippen molar-refractivity contribution >= 4 is 132 Å². The molecule has 11 N–H and O–H groups in total. The third-order valence-corrected chi connectivity index (χ3v) is 28.5. The quantitative estimate of drug-likeness (QED) is 0.0228. The Morgan fingerprint density at radius 2 is 0.902 bits per heavy atom. The predicted octanol–water partition coefficient (Wildman–Crippen LogP) is 18.4. The Labute approximate surface area is 715 Å². The largest absolute Gasteiger partial charge is 0.489 e. The van der Waals surface area contributed by atoms with E-state index < -0.39 is 45.3 Å². The number of anilines is 12. The van der Waals surface area contributed by atoms with Crippen LogP contribution in [0.25, 0.3) is 33.1 Å². The number of aromatic amines is 3. The second-order valence-electron chi connectivity index (χ2n) is 33.5. The first-order valence-electron chi connectivity index (χ1n) is 42.1. The van der Waals surface area contributed by atoms with Crippen LogP contribution in [0.4, 0.5) is 69.4 Å². The number of aryl methyl sites for hydroxylation is 4. The summed E-state index contributed by atoms with van der Waals surface area (Å²) in [5.74, 6) is 5.52. The molecule has 6 aromatic carbocycles. The molecule has 6 aromatic heterocycles. The summed E-state index contributed by atoms with van der Waals surface area (Å²) in [6, 6.07) is 34.3. The van der Waals surface area contributed by atoms with Crippen molar-refractivity contribution in [1.29, 1.82) is 0 Å². The van der Waals surface area contributed by atoms with Crippen LogP contribution < -0.4 is 56.7 Å². The minimum absolute atomic E-state index is 0.00303. The van der Waals surface area contributed by atoms with Gasteiger partial charge in [0.05, 0.1) is 111 Å². The normalized spacial score (nSPS) is 15.7. The fraction of sp³-hybridized carbons (Fsp3) is 0.422. The number of fused-ring (bicyclic) bond motifs is 3. The Morgan fingerprint density at radius 1 is 0.426 bits per heavy atom. The number of rotatable bonds is 27. The van der Waals surface area contributed by atoms with E-state index in [0.29, 0.717) is 98.0 Å². The molecule has 2 unspecified atom stereocenters. The van der Waals surface area contributed by atoms with Gasteiger partial charge in [-0.1, -0.05) is 36.8 Å². The molecule has 0 saturated carbocycles. The van der Waals surface area contributed by atoms with Crippen LogP contribution in [0.3, 0.4) is 0 Å². The van der Waals surface area contributed by atoms with Crippen molar-refractivity contribution in [2.75, 3.05) is 71.7 Å². The number of ether oxygens (including phenoxy) is 3. The zero-order chi connectivity index (χ0) is 87.1. The van der Waals surface area contributed by atoms with Gasteiger partial charge in [0.25, 0.3) is 0 Å². The maximum atomic E-state index is 13.2. The van der Waals surface area contributed by atoms with Crippen LogP contribution in [0.15, 0.2) is 142 Å². The average Bonchev–Trinajstić information content (AvgIpc) is 1.37. The molecule has 3 fully saturated rings. The van der Waals surface area contributed by atoms with Gasteiger partial charge in [-0.25, -0.2) is 25.3 Å². The molecule has 2 atom stereocenters. The summed E-state index contributed by atoms with van der Waals surface area (Å²) < 4.78 is 97.4. The van der Waals surface area contributed by atoms with Gasteiger partial charge in [0, 0.05) is 18.8 Å². The number of H-pyrrole nitrogens is 3. The molecular weight excluding hydrogens is 1600 g/mol. The number of nitrogens with zero attached hydrogens (tertiary/aromatic N) is 9. The van der Waals surface area contributed by atoms with Crippen LogP contribution in [0.5, 0.6) is 17.2 Å². The molecule has 9 heterocycles. The Kier molecular flexibility index (Phi) is 27.8. The first kappa shape index (κ1) is 88.7. The molecule has 0 aliphatic carbocycles. The fourth-order valence-corrected chi connectivity index (χ4v) is 18.9. The van der Waals surface area contributed by atoms with Gasteiger partial charge in [-0.3, -0.25) is 10.2 Å². The lowest BCUT2D eigenvalue weighted by Gasteiger charge is -2.29. The highest BCUT2D eigenvalue weighted by Crippen LogP contribution is 2.43. The Balaban J connectivity index is 0.000000158. The second kappa shape index (κ2) is 38.2. The van der Waals surface area contributed by atoms with Crippen LogP contribution in [0, 0.1) is 27.7 Å². The number of likely N-dealkylation sites (tertiary alicyclic amines) is 1. The monoisotopic (exact) mass is 1720 g/mol. The number of hydrogen-bond acceptors (Lipinski definition) is 26. The van der Waals surface area contributed by atoms with Crippen molar-refractivity contribution in [3.63, 3.8) is 0 Å². The van der Waals surface area contributed by atoms with Crippen molar-refractivity contribution in [3.05, 3.63) is 167 Å². The van der Waals surface area contributed by atoms with E-state index in [2.05, 4.69) is 145 Å². The first-order valence-corrected chi connectivity index (χ1v) is 46.8. The van der Waals surface area contributed by atoms with Gasteiger partial charge < -0.3 is 66.6 Å². The van der Waals surface area contributed by atoms with Crippen LogP contribution in [-0.4, -0.2) is 159 Å². The van der Waals surface area contributed by atoms with E-state index >= 15 is 0 Å². The predicted molar refractivity (Wildman–Crippen MR) is 488 cm³/mol. The van der Waals surface area contributed by atoms with Gasteiger partial charge in [-0.15, -0.1) is 0 Å². The van der Waals surface area contributed by atoms with Crippen molar-refractivity contribution in [3.8, 4) is 17.2 Å². The Morgan fingerprint density at radius 3 is 1.40 bits per heavy atom. The summed E-state index contributed by atoms with van der Waals surface area (Å²) >= 11 is 0. The van der Waals surface area contributed by atoms with Gasteiger partial charge in [-0.05, 0) is 312 Å². The summed E-state index contributed by atoms with van der Waals surface area (Å²) in [5, 5.41) is 41.5.